The second-order valence-corrected chi connectivity index (χ2v) is 5.64. The van der Waals surface area contributed by atoms with Crippen LogP contribution in [0.4, 0.5) is 11.9 Å². The molecule has 1 unspecified atom stereocenters. The minimum Gasteiger partial charge on any atom is -0.352 e. The van der Waals surface area contributed by atoms with Crippen LogP contribution in [0.1, 0.15) is 32.8 Å². The van der Waals surface area contributed by atoms with Crippen molar-refractivity contribution in [2.75, 3.05) is 16.9 Å². The average Bonchev–Trinajstić information content (AvgIpc) is 2.62. The number of hydrogen-bond acceptors (Lipinski definition) is 6. The Balaban J connectivity index is 0.00000139. The summed E-state index contributed by atoms with van der Waals surface area (Å²) < 4.78 is 0. The number of carbonyl (C=O) groups excluding carboxylic acids is 1. The topological polar surface area (TPSA) is 79.8 Å². The molecule has 0 aliphatic heterocycles. The number of carbonyl (C=O) groups is 1. The summed E-state index contributed by atoms with van der Waals surface area (Å²) >= 11 is 1.76. The summed E-state index contributed by atoms with van der Waals surface area (Å²) in [5, 5.41) is 5.63. The summed E-state index contributed by atoms with van der Waals surface area (Å²) in [6.07, 6.45) is 5.95. The van der Waals surface area contributed by atoms with Crippen LogP contribution in [0.2, 0.25) is 0 Å². The maximum Gasteiger partial charge on any atom is 0.233 e. The van der Waals surface area contributed by atoms with Crippen molar-refractivity contribution in [3.05, 3.63) is 36.2 Å². The molecule has 2 aromatic rings. The van der Waals surface area contributed by atoms with Gasteiger partial charge in [0.2, 0.25) is 18.3 Å². The molecule has 0 saturated heterocycles. The van der Waals surface area contributed by atoms with Gasteiger partial charge in [-0.3, -0.25) is 10.1 Å². The number of aromatic nitrogens is 3. The number of thioether (sulfide) groups is 1. The fourth-order valence-electron chi connectivity index (χ4n) is 2.06. The summed E-state index contributed by atoms with van der Waals surface area (Å²) in [5.74, 6) is 0.706. The molecule has 7 heteroatoms. The first-order chi connectivity index (χ1) is 11.7. The van der Waals surface area contributed by atoms with Gasteiger partial charge >= 0.3 is 0 Å². The van der Waals surface area contributed by atoms with Crippen LogP contribution in [-0.2, 0) is 11.2 Å². The molecule has 0 saturated carbocycles. The number of nitrogens with zero attached hydrogens (tertiary/aromatic N) is 3. The zero-order valence-electron chi connectivity index (χ0n) is 14.6. The van der Waals surface area contributed by atoms with E-state index in [-0.39, 0.29) is 12.0 Å². The third-order valence-corrected chi connectivity index (χ3v) is 4.01. The van der Waals surface area contributed by atoms with Crippen LogP contribution in [0.3, 0.4) is 0 Å². The van der Waals surface area contributed by atoms with Crippen molar-refractivity contribution in [1.82, 2.24) is 15.0 Å². The average molecular weight is 347 g/mol. The SMILES string of the molecule is CC.CSc1ccccc1CCC(C)Nc1ncnc(NC=O)n1. The van der Waals surface area contributed by atoms with Gasteiger partial charge in [-0.1, -0.05) is 32.0 Å². The Bertz CT molecular complexity index is 623. The van der Waals surface area contributed by atoms with Gasteiger partial charge in [-0.2, -0.15) is 4.98 Å². The molecule has 0 aliphatic rings. The highest BCUT2D eigenvalue weighted by Crippen LogP contribution is 2.21. The van der Waals surface area contributed by atoms with Crippen molar-refractivity contribution in [2.24, 2.45) is 0 Å². The Morgan fingerprint density at radius 1 is 1.21 bits per heavy atom. The van der Waals surface area contributed by atoms with Gasteiger partial charge in [-0.25, -0.2) is 9.97 Å². The Morgan fingerprint density at radius 3 is 2.62 bits per heavy atom. The van der Waals surface area contributed by atoms with E-state index in [0.29, 0.717) is 12.4 Å². The highest BCUT2D eigenvalue weighted by atomic mass is 32.2. The largest absolute Gasteiger partial charge is 0.352 e. The molecule has 0 spiro atoms. The van der Waals surface area contributed by atoms with Crippen molar-refractivity contribution in [3.8, 4) is 0 Å². The van der Waals surface area contributed by atoms with E-state index in [1.54, 1.807) is 11.8 Å². The van der Waals surface area contributed by atoms with E-state index in [9.17, 15) is 4.79 Å². The maximum absolute atomic E-state index is 10.4. The molecule has 130 valence electrons. The Labute approximate surface area is 147 Å². The van der Waals surface area contributed by atoms with Crippen molar-refractivity contribution in [1.29, 1.82) is 0 Å². The summed E-state index contributed by atoms with van der Waals surface area (Å²) in [6, 6.07) is 8.64. The van der Waals surface area contributed by atoms with Gasteiger partial charge in [0.05, 0.1) is 0 Å². The molecule has 2 rings (SSSR count). The van der Waals surface area contributed by atoms with Crippen LogP contribution >= 0.6 is 11.8 Å². The lowest BCUT2D eigenvalue weighted by Gasteiger charge is -2.14. The molecule has 0 bridgehead atoms. The lowest BCUT2D eigenvalue weighted by molar-refractivity contribution is -0.105. The first-order valence-corrected chi connectivity index (χ1v) is 9.23. The molecular formula is C17H25N5OS. The van der Waals surface area contributed by atoms with E-state index >= 15 is 0 Å². The molecule has 1 amide bonds. The summed E-state index contributed by atoms with van der Waals surface area (Å²) in [4.78, 5) is 23.7. The predicted molar refractivity (Wildman–Crippen MR) is 100 cm³/mol. The van der Waals surface area contributed by atoms with Gasteiger partial charge in [0.1, 0.15) is 6.33 Å². The van der Waals surface area contributed by atoms with Crippen LogP contribution in [0.5, 0.6) is 0 Å². The van der Waals surface area contributed by atoms with Gasteiger partial charge in [0, 0.05) is 10.9 Å². The van der Waals surface area contributed by atoms with Crippen molar-refractivity contribution < 1.29 is 4.79 Å². The van der Waals surface area contributed by atoms with Gasteiger partial charge < -0.3 is 5.32 Å². The van der Waals surface area contributed by atoms with Gasteiger partial charge in [0.25, 0.3) is 0 Å². The molecule has 0 fully saturated rings. The van der Waals surface area contributed by atoms with E-state index in [2.05, 4.69) is 63.0 Å². The van der Waals surface area contributed by atoms with E-state index < -0.39 is 0 Å². The second kappa shape index (κ2) is 11.4. The van der Waals surface area contributed by atoms with Crippen molar-refractivity contribution >= 4 is 30.1 Å². The summed E-state index contributed by atoms with van der Waals surface area (Å²) in [6.45, 7) is 6.08. The lowest BCUT2D eigenvalue weighted by atomic mass is 10.1. The molecule has 0 aliphatic carbocycles. The standard InChI is InChI=1S/C15H19N5OS.C2H6/c1-11(7-8-12-5-3-4-6-13(12)22-2)19-15-17-9-16-14(20-15)18-10-21;1-2/h3-6,9-11H,7-8H2,1-2H3,(H2,16,17,18,19,20,21);1-2H3. The minimum absolute atomic E-state index is 0.210. The molecular weight excluding hydrogens is 322 g/mol. The molecule has 1 aromatic carbocycles. The van der Waals surface area contributed by atoms with Crippen LogP contribution < -0.4 is 10.6 Å². The highest BCUT2D eigenvalue weighted by Gasteiger charge is 2.07. The Kier molecular flexibility index (Phi) is 9.45. The fraction of sp³-hybridized carbons (Fsp3) is 0.412. The minimum atomic E-state index is 0.210. The molecule has 1 aromatic heterocycles. The highest BCUT2D eigenvalue weighted by molar-refractivity contribution is 7.98. The number of hydrogen-bond donors (Lipinski definition) is 2. The predicted octanol–water partition coefficient (Wildman–Crippen LogP) is 3.62. The molecule has 0 radical (unpaired) electrons. The lowest BCUT2D eigenvalue weighted by Crippen LogP contribution is -2.18. The number of amides is 1. The van der Waals surface area contributed by atoms with Crippen LogP contribution in [0.15, 0.2) is 35.5 Å². The smallest absolute Gasteiger partial charge is 0.233 e. The van der Waals surface area contributed by atoms with E-state index in [1.165, 1.54) is 16.8 Å². The van der Waals surface area contributed by atoms with Crippen LogP contribution in [0, 0.1) is 0 Å². The zero-order chi connectivity index (χ0) is 17.8. The second-order valence-electron chi connectivity index (χ2n) is 4.79. The summed E-state index contributed by atoms with van der Waals surface area (Å²) in [5.41, 5.74) is 1.35. The fourth-order valence-corrected chi connectivity index (χ4v) is 2.71. The third kappa shape index (κ3) is 6.54. The molecule has 1 atom stereocenters. The Hall–Kier alpha value is -2.15. The molecule has 2 N–H and O–H groups in total. The maximum atomic E-state index is 10.4. The quantitative estimate of drug-likeness (QED) is 0.561. The molecule has 6 nitrogen and oxygen atoms in total. The number of aryl methyl sites for hydroxylation is 1. The van der Waals surface area contributed by atoms with Gasteiger partial charge in [-0.05, 0) is 37.7 Å². The van der Waals surface area contributed by atoms with E-state index in [0.717, 1.165) is 12.8 Å². The van der Waals surface area contributed by atoms with Gasteiger partial charge in [-0.15, -0.1) is 11.8 Å². The molecule has 24 heavy (non-hydrogen) atoms. The van der Waals surface area contributed by atoms with Crippen LogP contribution in [-0.4, -0.2) is 33.7 Å². The van der Waals surface area contributed by atoms with Crippen molar-refractivity contribution in [3.63, 3.8) is 0 Å². The first-order valence-electron chi connectivity index (χ1n) is 8.00. The molecule has 1 heterocycles. The van der Waals surface area contributed by atoms with Crippen molar-refractivity contribution in [2.45, 2.75) is 44.6 Å². The zero-order valence-corrected chi connectivity index (χ0v) is 15.4. The summed E-state index contributed by atoms with van der Waals surface area (Å²) in [7, 11) is 0. The normalized spacial score (nSPS) is 11.0. The monoisotopic (exact) mass is 347 g/mol. The first kappa shape index (κ1) is 19.9. The third-order valence-electron chi connectivity index (χ3n) is 3.17. The number of nitrogens with one attached hydrogen (secondary N) is 2. The van der Waals surface area contributed by atoms with Crippen LogP contribution in [0.25, 0.3) is 0 Å². The number of benzene rings is 1. The van der Waals surface area contributed by atoms with Gasteiger partial charge in [0.15, 0.2) is 0 Å². The number of rotatable bonds is 8. The van der Waals surface area contributed by atoms with E-state index in [1.807, 2.05) is 13.8 Å². The van der Waals surface area contributed by atoms with E-state index in [4.69, 9.17) is 0 Å². The Morgan fingerprint density at radius 2 is 1.92 bits per heavy atom. The number of anilines is 2.